The molecule has 0 rings (SSSR count). The zero-order chi connectivity index (χ0) is 10.5. The molecule has 0 aliphatic rings. The van der Waals surface area contributed by atoms with Crippen molar-refractivity contribution in [1.82, 2.24) is 0 Å². The number of ketones is 1. The molecule has 0 spiro atoms. The maximum absolute atomic E-state index is 11.8. The van der Waals surface area contributed by atoms with Gasteiger partial charge in [-0.25, -0.2) is 0 Å². The fraction of sp³-hybridized carbons (Fsp3) is 0.714. The third-order valence-electron chi connectivity index (χ3n) is 1.37. The first kappa shape index (κ1) is 12.6. The van der Waals surface area contributed by atoms with Gasteiger partial charge in [0.15, 0.2) is 0 Å². The van der Waals surface area contributed by atoms with Gasteiger partial charge in [0.05, 0.1) is 12.3 Å². The quantitative estimate of drug-likeness (QED) is 0.431. The molecule has 0 fully saturated rings. The van der Waals surface area contributed by atoms with Gasteiger partial charge in [-0.2, -0.15) is 13.2 Å². The third-order valence-corrected chi connectivity index (χ3v) is 1.77. The Kier molecular flexibility index (Phi) is 5.20. The maximum Gasteiger partial charge on any atom is 0.390 e. The summed E-state index contributed by atoms with van der Waals surface area (Å²) in [5.41, 5.74) is 0. The predicted octanol–water partition coefficient (Wildman–Crippen LogP) is 2.11. The Morgan fingerprint density at radius 2 is 2.00 bits per heavy atom. The lowest BCUT2D eigenvalue weighted by atomic mass is 10.00. The van der Waals surface area contributed by atoms with Crippen LogP contribution in [0, 0.1) is 5.92 Å². The third kappa shape index (κ3) is 5.79. The van der Waals surface area contributed by atoms with Gasteiger partial charge >= 0.3 is 6.18 Å². The molecule has 76 valence electrons. The van der Waals surface area contributed by atoms with Gasteiger partial charge in [-0.3, -0.25) is 4.79 Å². The molecule has 0 aromatic rings. The molecule has 0 aliphatic carbocycles. The van der Waals surface area contributed by atoms with Crippen molar-refractivity contribution >= 4 is 28.0 Å². The maximum atomic E-state index is 11.8. The number of Topliss-reactive ketones (excluding diaryl/α,β-unsaturated/α-hetero) is 1. The average Bonchev–Trinajstić information content (AvgIpc) is 1.99. The Morgan fingerprint density at radius 3 is 2.31 bits per heavy atom. The van der Waals surface area contributed by atoms with Gasteiger partial charge in [0.1, 0.15) is 12.1 Å². The summed E-state index contributed by atoms with van der Waals surface area (Å²) < 4.78 is 35.3. The second kappa shape index (κ2) is 5.36. The van der Waals surface area contributed by atoms with E-state index in [9.17, 15) is 22.8 Å². The molecule has 6 heteroatoms. The summed E-state index contributed by atoms with van der Waals surface area (Å²) in [4.78, 5) is 21.1. The minimum absolute atomic E-state index is 0.0541. The Bertz CT molecular complexity index is 191. The number of alkyl halides is 4. The first-order valence-electron chi connectivity index (χ1n) is 3.51. The number of carbonyl (C=O) groups excluding carboxylic acids is 2. The standard InChI is InChI=1S/C7H8BrF3O2/c8-2-1-6(13)5(4-12)3-7(9,10)11/h4-5H,1-3H2. The second-order valence-corrected chi connectivity index (χ2v) is 3.26. The van der Waals surface area contributed by atoms with Gasteiger partial charge in [0.25, 0.3) is 0 Å². The lowest BCUT2D eigenvalue weighted by molar-refractivity contribution is -0.155. The summed E-state index contributed by atoms with van der Waals surface area (Å²) in [6.45, 7) is 0. The predicted molar refractivity (Wildman–Crippen MR) is 43.6 cm³/mol. The van der Waals surface area contributed by atoms with Crippen LogP contribution in [0.15, 0.2) is 0 Å². The minimum Gasteiger partial charge on any atom is -0.303 e. The van der Waals surface area contributed by atoms with E-state index in [1.54, 1.807) is 0 Å². The Balaban J connectivity index is 4.18. The highest BCUT2D eigenvalue weighted by molar-refractivity contribution is 9.09. The lowest BCUT2D eigenvalue weighted by Gasteiger charge is -2.10. The van der Waals surface area contributed by atoms with Gasteiger partial charge < -0.3 is 4.79 Å². The van der Waals surface area contributed by atoms with Crippen LogP contribution in [0.25, 0.3) is 0 Å². The van der Waals surface area contributed by atoms with E-state index in [-0.39, 0.29) is 18.0 Å². The molecular weight excluding hydrogens is 253 g/mol. The van der Waals surface area contributed by atoms with Gasteiger partial charge in [0.2, 0.25) is 0 Å². The van der Waals surface area contributed by atoms with Crippen LogP contribution in [0.3, 0.4) is 0 Å². The van der Waals surface area contributed by atoms with E-state index in [0.717, 1.165) is 0 Å². The second-order valence-electron chi connectivity index (χ2n) is 2.47. The molecule has 0 aliphatic heterocycles. The van der Waals surface area contributed by atoms with Gasteiger partial charge in [-0.1, -0.05) is 15.9 Å². The number of hydrogen-bond acceptors (Lipinski definition) is 2. The summed E-state index contributed by atoms with van der Waals surface area (Å²) in [7, 11) is 0. The molecule has 0 saturated heterocycles. The Morgan fingerprint density at radius 1 is 1.46 bits per heavy atom. The normalized spacial score (nSPS) is 13.8. The van der Waals surface area contributed by atoms with Crippen molar-refractivity contribution in [1.29, 1.82) is 0 Å². The molecule has 1 unspecified atom stereocenters. The number of rotatable bonds is 5. The largest absolute Gasteiger partial charge is 0.390 e. The van der Waals surface area contributed by atoms with Crippen molar-refractivity contribution in [3.05, 3.63) is 0 Å². The van der Waals surface area contributed by atoms with Crippen molar-refractivity contribution in [2.24, 2.45) is 5.92 Å². The van der Waals surface area contributed by atoms with E-state index in [1.807, 2.05) is 0 Å². The summed E-state index contributed by atoms with van der Waals surface area (Å²) in [6, 6.07) is 0. The monoisotopic (exact) mass is 260 g/mol. The van der Waals surface area contributed by atoms with Crippen LogP contribution < -0.4 is 0 Å². The van der Waals surface area contributed by atoms with Crippen LogP contribution in [0.1, 0.15) is 12.8 Å². The molecule has 0 N–H and O–H groups in total. The van der Waals surface area contributed by atoms with E-state index in [1.165, 1.54) is 0 Å². The fourth-order valence-electron chi connectivity index (χ4n) is 0.766. The molecule has 0 aromatic heterocycles. The fourth-order valence-corrected chi connectivity index (χ4v) is 1.16. The highest BCUT2D eigenvalue weighted by Gasteiger charge is 2.34. The van der Waals surface area contributed by atoms with Crippen molar-refractivity contribution in [3.63, 3.8) is 0 Å². The molecule has 0 saturated carbocycles. The SMILES string of the molecule is O=CC(CC(F)(F)F)C(=O)CCBr. The van der Waals surface area contributed by atoms with Crippen LogP contribution in [-0.2, 0) is 9.59 Å². The van der Waals surface area contributed by atoms with E-state index in [2.05, 4.69) is 15.9 Å². The molecule has 0 radical (unpaired) electrons. The molecule has 0 amide bonds. The van der Waals surface area contributed by atoms with Crippen LogP contribution in [0.4, 0.5) is 13.2 Å². The molecule has 2 nitrogen and oxygen atoms in total. The van der Waals surface area contributed by atoms with E-state index in [0.29, 0.717) is 0 Å². The Labute approximate surface area is 81.6 Å². The minimum atomic E-state index is -4.46. The van der Waals surface area contributed by atoms with E-state index in [4.69, 9.17) is 0 Å². The molecule has 0 bridgehead atoms. The smallest absolute Gasteiger partial charge is 0.303 e. The van der Waals surface area contributed by atoms with Crippen LogP contribution in [0.5, 0.6) is 0 Å². The van der Waals surface area contributed by atoms with Crippen LogP contribution in [-0.4, -0.2) is 23.6 Å². The van der Waals surface area contributed by atoms with Crippen LogP contribution >= 0.6 is 15.9 Å². The first-order chi connectivity index (χ1) is 5.90. The molecule has 13 heavy (non-hydrogen) atoms. The molecule has 0 aromatic carbocycles. The van der Waals surface area contributed by atoms with Crippen molar-refractivity contribution < 1.29 is 22.8 Å². The molecular formula is C7H8BrF3O2. The summed E-state index contributed by atoms with van der Waals surface area (Å²) >= 11 is 2.91. The summed E-state index contributed by atoms with van der Waals surface area (Å²) in [5, 5.41) is 0.272. The number of halogens is 4. The summed E-state index contributed by atoms with van der Waals surface area (Å²) in [6.07, 6.45) is -5.83. The number of carbonyl (C=O) groups is 2. The first-order valence-corrected chi connectivity index (χ1v) is 4.63. The van der Waals surface area contributed by atoms with Gasteiger partial charge in [-0.15, -0.1) is 0 Å². The lowest BCUT2D eigenvalue weighted by Crippen LogP contribution is -2.23. The Hall–Kier alpha value is -0.390. The topological polar surface area (TPSA) is 34.1 Å². The molecule has 1 atom stereocenters. The van der Waals surface area contributed by atoms with Crippen LogP contribution in [0.2, 0.25) is 0 Å². The average molecular weight is 261 g/mol. The number of aldehydes is 1. The zero-order valence-corrected chi connectivity index (χ0v) is 8.19. The highest BCUT2D eigenvalue weighted by atomic mass is 79.9. The van der Waals surface area contributed by atoms with Crippen molar-refractivity contribution in [3.8, 4) is 0 Å². The van der Waals surface area contributed by atoms with Crippen molar-refractivity contribution in [2.75, 3.05) is 5.33 Å². The van der Waals surface area contributed by atoms with Gasteiger partial charge in [-0.05, 0) is 0 Å². The van der Waals surface area contributed by atoms with E-state index >= 15 is 0 Å². The zero-order valence-electron chi connectivity index (χ0n) is 6.60. The van der Waals surface area contributed by atoms with E-state index < -0.39 is 24.3 Å². The van der Waals surface area contributed by atoms with Gasteiger partial charge in [0, 0.05) is 11.8 Å². The van der Waals surface area contributed by atoms with Crippen molar-refractivity contribution in [2.45, 2.75) is 19.0 Å². The number of hydrogen-bond donors (Lipinski definition) is 0. The summed E-state index contributed by atoms with van der Waals surface area (Å²) in [5.74, 6) is -2.22. The highest BCUT2D eigenvalue weighted by Crippen LogP contribution is 2.24. The molecule has 0 heterocycles.